The normalized spacial score (nSPS) is 15.6. The molecule has 1 aromatic heterocycles. The molecule has 0 bridgehead atoms. The van der Waals surface area contributed by atoms with E-state index in [9.17, 15) is 0 Å². The van der Waals surface area contributed by atoms with Crippen molar-refractivity contribution in [2.45, 2.75) is 26.2 Å². The molecule has 14 heavy (non-hydrogen) atoms. The molecule has 4 heteroatoms. The minimum atomic E-state index is 0.671. The van der Waals surface area contributed by atoms with Gasteiger partial charge in [-0.3, -0.25) is 0 Å². The molecule has 0 unspecified atom stereocenters. The van der Waals surface area contributed by atoms with Gasteiger partial charge >= 0.3 is 0 Å². The zero-order valence-corrected chi connectivity index (χ0v) is 9.75. The topological polar surface area (TPSA) is 35.0 Å². The van der Waals surface area contributed by atoms with Crippen molar-refractivity contribution in [1.29, 1.82) is 0 Å². The fourth-order valence-electron chi connectivity index (χ4n) is 1.32. The van der Waals surface area contributed by atoms with Gasteiger partial charge in [-0.2, -0.15) is 4.98 Å². The van der Waals surface area contributed by atoms with E-state index in [-0.39, 0.29) is 0 Å². The van der Waals surface area contributed by atoms with Crippen LogP contribution in [0.15, 0.2) is 10.7 Å². The second-order valence-electron chi connectivity index (χ2n) is 3.66. The monoisotopic (exact) mass is 256 g/mol. The lowest BCUT2D eigenvalue weighted by molar-refractivity contribution is 0.290. The zero-order valence-electron chi connectivity index (χ0n) is 8.16. The average Bonchev–Trinajstić information content (AvgIpc) is 2.86. The SMILES string of the molecule is Cc1nc(Br)cc(OCCC2CC2)n1. The third-order valence-electron chi connectivity index (χ3n) is 2.26. The standard InChI is InChI=1S/C10H13BrN2O/c1-7-12-9(11)6-10(13-7)14-5-4-8-2-3-8/h6,8H,2-5H2,1H3. The molecule has 3 nitrogen and oxygen atoms in total. The molecule has 1 fully saturated rings. The molecule has 1 heterocycles. The molecule has 0 N–H and O–H groups in total. The van der Waals surface area contributed by atoms with E-state index in [1.54, 1.807) is 6.07 Å². The Balaban J connectivity index is 1.87. The molecule has 0 aliphatic heterocycles. The lowest BCUT2D eigenvalue weighted by Gasteiger charge is -2.05. The Morgan fingerprint density at radius 1 is 1.50 bits per heavy atom. The molecule has 1 aromatic rings. The van der Waals surface area contributed by atoms with Gasteiger partial charge in [-0.05, 0) is 35.2 Å². The van der Waals surface area contributed by atoms with Gasteiger partial charge < -0.3 is 4.74 Å². The Kier molecular flexibility index (Phi) is 3.01. The summed E-state index contributed by atoms with van der Waals surface area (Å²) in [6.45, 7) is 2.63. The molecular formula is C10H13BrN2O. The van der Waals surface area contributed by atoms with Crippen molar-refractivity contribution < 1.29 is 4.74 Å². The van der Waals surface area contributed by atoms with Crippen molar-refractivity contribution in [3.05, 3.63) is 16.5 Å². The zero-order chi connectivity index (χ0) is 9.97. The van der Waals surface area contributed by atoms with Gasteiger partial charge in [0.25, 0.3) is 0 Å². The second kappa shape index (κ2) is 4.26. The van der Waals surface area contributed by atoms with Gasteiger partial charge in [0.15, 0.2) is 0 Å². The van der Waals surface area contributed by atoms with Crippen LogP contribution >= 0.6 is 15.9 Å². The third-order valence-corrected chi connectivity index (χ3v) is 2.66. The van der Waals surface area contributed by atoms with E-state index >= 15 is 0 Å². The first-order chi connectivity index (χ1) is 6.74. The molecule has 2 rings (SSSR count). The molecule has 0 spiro atoms. The van der Waals surface area contributed by atoms with E-state index in [0.717, 1.165) is 29.4 Å². The highest BCUT2D eigenvalue weighted by atomic mass is 79.9. The molecule has 0 aromatic carbocycles. The minimum absolute atomic E-state index is 0.671. The van der Waals surface area contributed by atoms with Crippen molar-refractivity contribution in [2.75, 3.05) is 6.61 Å². The van der Waals surface area contributed by atoms with Crippen LogP contribution in [0.25, 0.3) is 0 Å². The maximum absolute atomic E-state index is 5.54. The van der Waals surface area contributed by atoms with E-state index in [4.69, 9.17) is 4.74 Å². The predicted octanol–water partition coefficient (Wildman–Crippen LogP) is 2.73. The van der Waals surface area contributed by atoms with Gasteiger partial charge in [-0.25, -0.2) is 4.98 Å². The first-order valence-corrected chi connectivity index (χ1v) is 5.67. The molecule has 1 aliphatic rings. The van der Waals surface area contributed by atoms with Crippen LogP contribution in [0.5, 0.6) is 5.88 Å². The maximum Gasteiger partial charge on any atom is 0.217 e. The van der Waals surface area contributed by atoms with Gasteiger partial charge in [-0.15, -0.1) is 0 Å². The van der Waals surface area contributed by atoms with Crippen molar-refractivity contribution in [2.24, 2.45) is 5.92 Å². The Morgan fingerprint density at radius 3 is 2.93 bits per heavy atom. The van der Waals surface area contributed by atoms with Gasteiger partial charge in [0.05, 0.1) is 6.61 Å². The molecule has 0 atom stereocenters. The minimum Gasteiger partial charge on any atom is -0.478 e. The highest BCUT2D eigenvalue weighted by Gasteiger charge is 2.20. The van der Waals surface area contributed by atoms with Crippen molar-refractivity contribution in [3.8, 4) is 5.88 Å². The molecule has 1 aliphatic carbocycles. The highest BCUT2D eigenvalue weighted by Crippen LogP contribution is 2.32. The molecule has 0 radical (unpaired) electrons. The van der Waals surface area contributed by atoms with Crippen LogP contribution in [-0.2, 0) is 0 Å². The number of hydrogen-bond acceptors (Lipinski definition) is 3. The van der Waals surface area contributed by atoms with Crippen LogP contribution in [0.1, 0.15) is 25.1 Å². The number of halogens is 1. The summed E-state index contributed by atoms with van der Waals surface area (Å²) in [6.07, 6.45) is 3.90. The summed E-state index contributed by atoms with van der Waals surface area (Å²) in [4.78, 5) is 8.30. The fourth-order valence-corrected chi connectivity index (χ4v) is 1.77. The van der Waals surface area contributed by atoms with Crippen LogP contribution in [0, 0.1) is 12.8 Å². The Morgan fingerprint density at radius 2 is 2.29 bits per heavy atom. The summed E-state index contributed by atoms with van der Waals surface area (Å²) in [6, 6.07) is 1.81. The van der Waals surface area contributed by atoms with Crippen LogP contribution < -0.4 is 4.74 Å². The van der Waals surface area contributed by atoms with Gasteiger partial charge in [0.1, 0.15) is 10.4 Å². The second-order valence-corrected chi connectivity index (χ2v) is 4.47. The largest absolute Gasteiger partial charge is 0.478 e. The van der Waals surface area contributed by atoms with Gasteiger partial charge in [0.2, 0.25) is 5.88 Å². The number of hydrogen-bond donors (Lipinski definition) is 0. The lowest BCUT2D eigenvalue weighted by Crippen LogP contribution is -2.01. The summed E-state index contributed by atoms with van der Waals surface area (Å²) in [5.41, 5.74) is 0. The molecule has 1 saturated carbocycles. The van der Waals surface area contributed by atoms with E-state index in [0.29, 0.717) is 5.88 Å². The lowest BCUT2D eigenvalue weighted by atomic mass is 10.3. The predicted molar refractivity (Wildman–Crippen MR) is 57.3 cm³/mol. The van der Waals surface area contributed by atoms with Crippen LogP contribution in [0.4, 0.5) is 0 Å². The molecular weight excluding hydrogens is 244 g/mol. The number of aryl methyl sites for hydroxylation is 1. The summed E-state index contributed by atoms with van der Waals surface area (Å²) in [7, 11) is 0. The Labute approximate surface area is 92.0 Å². The first kappa shape index (κ1) is 9.90. The summed E-state index contributed by atoms with van der Waals surface area (Å²) in [5, 5.41) is 0. The molecule has 0 saturated heterocycles. The molecule has 76 valence electrons. The van der Waals surface area contributed by atoms with Crippen LogP contribution in [0.3, 0.4) is 0 Å². The van der Waals surface area contributed by atoms with E-state index in [2.05, 4.69) is 25.9 Å². The van der Waals surface area contributed by atoms with E-state index in [1.165, 1.54) is 12.8 Å². The van der Waals surface area contributed by atoms with E-state index < -0.39 is 0 Å². The highest BCUT2D eigenvalue weighted by molar-refractivity contribution is 9.10. The maximum atomic E-state index is 5.54. The molecule has 0 amide bonds. The fraction of sp³-hybridized carbons (Fsp3) is 0.600. The average molecular weight is 257 g/mol. The number of aromatic nitrogens is 2. The van der Waals surface area contributed by atoms with Crippen molar-refractivity contribution in [3.63, 3.8) is 0 Å². The van der Waals surface area contributed by atoms with Crippen LogP contribution in [0.2, 0.25) is 0 Å². The van der Waals surface area contributed by atoms with Crippen LogP contribution in [-0.4, -0.2) is 16.6 Å². The van der Waals surface area contributed by atoms with Crippen molar-refractivity contribution in [1.82, 2.24) is 9.97 Å². The summed E-state index contributed by atoms with van der Waals surface area (Å²) >= 11 is 3.32. The number of ether oxygens (including phenoxy) is 1. The van der Waals surface area contributed by atoms with E-state index in [1.807, 2.05) is 6.92 Å². The van der Waals surface area contributed by atoms with Gasteiger partial charge in [-0.1, -0.05) is 12.8 Å². The summed E-state index contributed by atoms with van der Waals surface area (Å²) in [5.74, 6) is 2.31. The first-order valence-electron chi connectivity index (χ1n) is 4.88. The smallest absolute Gasteiger partial charge is 0.217 e. The number of nitrogens with zero attached hydrogens (tertiary/aromatic N) is 2. The Hall–Kier alpha value is -0.640. The van der Waals surface area contributed by atoms with Gasteiger partial charge in [0, 0.05) is 6.07 Å². The third kappa shape index (κ3) is 2.94. The number of rotatable bonds is 4. The Bertz CT molecular complexity index is 306. The van der Waals surface area contributed by atoms with Crippen molar-refractivity contribution >= 4 is 15.9 Å². The summed E-state index contributed by atoms with van der Waals surface area (Å²) < 4.78 is 6.32. The quantitative estimate of drug-likeness (QED) is 0.778.